The molecule has 6 nitrogen and oxygen atoms in total. The van der Waals surface area contributed by atoms with Crippen molar-refractivity contribution in [1.29, 1.82) is 0 Å². The number of piperidine rings is 1. The van der Waals surface area contributed by atoms with E-state index >= 15 is 0 Å². The number of benzene rings is 3. The molecule has 4 aromatic rings. The van der Waals surface area contributed by atoms with Crippen LogP contribution in [0.15, 0.2) is 89.7 Å². The summed E-state index contributed by atoms with van der Waals surface area (Å²) in [5, 5.41) is 4.44. The Morgan fingerprint density at radius 1 is 0.822 bits per heavy atom. The number of imidazole rings is 1. The van der Waals surface area contributed by atoms with Crippen molar-refractivity contribution in [2.24, 2.45) is 0 Å². The van der Waals surface area contributed by atoms with Crippen LogP contribution in [0.4, 0.5) is 0 Å². The molecule has 0 atom stereocenters. The fourth-order valence-electron chi connectivity index (χ4n) is 7.68. The normalized spacial score (nSPS) is 16.7. The minimum absolute atomic E-state index is 0.0112. The second kappa shape index (κ2) is 14.8. The Hall–Kier alpha value is -3.42. The topological polar surface area (TPSA) is 45.4 Å². The number of nitrogens with one attached hydrogen (secondary N) is 1. The first-order valence-corrected chi connectivity index (χ1v) is 17.5. The van der Waals surface area contributed by atoms with E-state index in [1.165, 1.54) is 43.2 Å². The van der Waals surface area contributed by atoms with Gasteiger partial charge >= 0.3 is 5.69 Å². The summed E-state index contributed by atoms with van der Waals surface area (Å²) in [7, 11) is 0. The molecule has 1 saturated carbocycles. The first-order chi connectivity index (χ1) is 22.0. The number of nitrogens with zero attached hydrogens (tertiary/aromatic N) is 4. The van der Waals surface area contributed by atoms with Gasteiger partial charge in [-0.25, -0.2) is 4.79 Å². The zero-order chi connectivity index (χ0) is 31.2. The third-order valence-electron chi connectivity index (χ3n) is 10.0. The van der Waals surface area contributed by atoms with Gasteiger partial charge in [0.2, 0.25) is 0 Å². The summed E-state index contributed by atoms with van der Waals surface area (Å²) in [5.74, 6) is 0. The molecule has 6 rings (SSSR count). The average molecular weight is 624 g/mol. The van der Waals surface area contributed by atoms with Crippen molar-refractivity contribution in [1.82, 2.24) is 24.3 Å². The van der Waals surface area contributed by atoms with Crippen molar-refractivity contribution in [2.45, 2.75) is 95.9 Å². The minimum Gasteiger partial charge on any atom is -0.352 e. The number of hydrogen-bond acceptors (Lipinski definition) is 3. The fraction of sp³-hybridized carbons (Fsp3) is 0.474. The van der Waals surface area contributed by atoms with E-state index in [-0.39, 0.29) is 17.8 Å². The Labute approximate surface area is 274 Å². The maximum atomic E-state index is 14.0. The number of aryl methyl sites for hydroxylation is 1. The molecule has 2 heterocycles. The van der Waals surface area contributed by atoms with Crippen molar-refractivity contribution in [3.8, 4) is 0 Å². The van der Waals surface area contributed by atoms with Gasteiger partial charge in [-0.3, -0.25) is 14.0 Å². The van der Waals surface area contributed by atoms with Crippen LogP contribution in [0, 0.1) is 0 Å². The van der Waals surface area contributed by atoms with Crippen LogP contribution in [0.2, 0.25) is 0 Å². The lowest BCUT2D eigenvalue weighted by Gasteiger charge is -2.37. The molecule has 0 bridgehead atoms. The SMILES string of the molecule is CC(C)N(CCCn1c(=O)n(C2CCN(C(=S)NC(c3ccccc3)c3ccccc3)CC2)c2ccccc21)C1CCCCC1. The molecular formula is C38H49N5OS. The zero-order valence-corrected chi connectivity index (χ0v) is 27.8. The number of rotatable bonds is 10. The van der Waals surface area contributed by atoms with Crippen molar-refractivity contribution < 1.29 is 0 Å². The molecule has 1 saturated heterocycles. The van der Waals surface area contributed by atoms with Gasteiger partial charge < -0.3 is 10.2 Å². The van der Waals surface area contributed by atoms with E-state index in [2.05, 4.69) is 106 Å². The van der Waals surface area contributed by atoms with Gasteiger partial charge in [-0.1, -0.05) is 92.1 Å². The van der Waals surface area contributed by atoms with Crippen LogP contribution in [0.1, 0.15) is 88.4 Å². The summed E-state index contributed by atoms with van der Waals surface area (Å²) in [4.78, 5) is 19.0. The van der Waals surface area contributed by atoms with Gasteiger partial charge in [-0.05, 0) is 81.4 Å². The van der Waals surface area contributed by atoms with Gasteiger partial charge in [0.05, 0.1) is 17.1 Å². The van der Waals surface area contributed by atoms with Crippen molar-refractivity contribution in [3.63, 3.8) is 0 Å². The Kier molecular flexibility index (Phi) is 10.4. The van der Waals surface area contributed by atoms with Crippen LogP contribution in [0.25, 0.3) is 11.0 Å². The van der Waals surface area contributed by atoms with Gasteiger partial charge in [0.1, 0.15) is 0 Å². The van der Waals surface area contributed by atoms with Crippen LogP contribution in [-0.2, 0) is 6.54 Å². The largest absolute Gasteiger partial charge is 0.352 e. The van der Waals surface area contributed by atoms with Crippen LogP contribution in [-0.4, -0.2) is 55.8 Å². The summed E-state index contributed by atoms with van der Waals surface area (Å²) in [6.45, 7) is 8.10. The van der Waals surface area contributed by atoms with Crippen LogP contribution in [0.3, 0.4) is 0 Å². The summed E-state index contributed by atoms with van der Waals surface area (Å²) < 4.78 is 4.12. The predicted molar refractivity (Wildman–Crippen MR) is 190 cm³/mol. The number of fused-ring (bicyclic) bond motifs is 1. The number of thiocarbonyl (C=S) groups is 1. The molecule has 0 spiro atoms. The Morgan fingerprint density at radius 2 is 1.40 bits per heavy atom. The number of hydrogen-bond donors (Lipinski definition) is 1. The Bertz CT molecular complexity index is 1540. The summed E-state index contributed by atoms with van der Waals surface area (Å²) in [6.07, 6.45) is 9.47. The molecule has 1 aliphatic carbocycles. The lowest BCUT2D eigenvalue weighted by molar-refractivity contribution is 0.117. The lowest BCUT2D eigenvalue weighted by atomic mass is 9.93. The van der Waals surface area contributed by atoms with Crippen LogP contribution in [0.5, 0.6) is 0 Å². The highest BCUT2D eigenvalue weighted by molar-refractivity contribution is 7.80. The van der Waals surface area contributed by atoms with Gasteiger partial charge in [-0.15, -0.1) is 0 Å². The lowest BCUT2D eigenvalue weighted by Crippen LogP contribution is -2.46. The third kappa shape index (κ3) is 7.20. The van der Waals surface area contributed by atoms with E-state index < -0.39 is 0 Å². The molecule has 2 fully saturated rings. The van der Waals surface area contributed by atoms with Gasteiger partial charge in [0, 0.05) is 44.3 Å². The van der Waals surface area contributed by atoms with Crippen molar-refractivity contribution >= 4 is 28.4 Å². The molecule has 2 aliphatic rings. The monoisotopic (exact) mass is 623 g/mol. The smallest absolute Gasteiger partial charge is 0.329 e. The van der Waals surface area contributed by atoms with E-state index in [1.807, 2.05) is 16.7 Å². The molecule has 0 radical (unpaired) electrons. The third-order valence-corrected chi connectivity index (χ3v) is 10.4. The predicted octanol–water partition coefficient (Wildman–Crippen LogP) is 7.54. The number of aromatic nitrogens is 2. The van der Waals surface area contributed by atoms with E-state index in [9.17, 15) is 4.79 Å². The summed E-state index contributed by atoms with van der Waals surface area (Å²) in [5.41, 5.74) is 4.63. The average Bonchev–Trinajstić information content (AvgIpc) is 3.37. The number of para-hydroxylation sites is 2. The highest BCUT2D eigenvalue weighted by Gasteiger charge is 2.28. The molecule has 7 heteroatoms. The molecular weight excluding hydrogens is 575 g/mol. The fourth-order valence-corrected chi connectivity index (χ4v) is 7.98. The molecule has 1 aliphatic heterocycles. The first kappa shape index (κ1) is 31.6. The molecule has 1 aromatic heterocycles. The summed E-state index contributed by atoms with van der Waals surface area (Å²) in [6, 6.07) is 30.8. The van der Waals surface area contributed by atoms with Crippen LogP contribution >= 0.6 is 12.2 Å². The maximum absolute atomic E-state index is 14.0. The van der Waals surface area contributed by atoms with Crippen molar-refractivity contribution in [3.05, 3.63) is 107 Å². The first-order valence-electron chi connectivity index (χ1n) is 17.1. The second-order valence-electron chi connectivity index (χ2n) is 13.2. The van der Waals surface area contributed by atoms with E-state index in [1.54, 1.807) is 0 Å². The van der Waals surface area contributed by atoms with Gasteiger partial charge in [0.25, 0.3) is 0 Å². The molecule has 3 aromatic carbocycles. The number of likely N-dealkylation sites (tertiary alicyclic amines) is 1. The molecule has 238 valence electrons. The minimum atomic E-state index is -0.0112. The van der Waals surface area contributed by atoms with E-state index in [4.69, 9.17) is 12.2 Å². The van der Waals surface area contributed by atoms with Gasteiger partial charge in [-0.2, -0.15) is 0 Å². The molecule has 0 unspecified atom stereocenters. The standard InChI is InChI=1S/C38H49N5OS/c1-29(2)41(32-19-10-5-11-20-32)25-14-26-42-34-21-12-13-22-35(34)43(38(42)44)33-23-27-40(28-24-33)37(45)39-36(30-15-6-3-7-16-30)31-17-8-4-9-18-31/h3-4,6-9,12-13,15-18,21-22,29,32-33,36H,5,10-11,14,19-20,23-28H2,1-2H3,(H,39,45). The Balaban J connectivity index is 1.13. The van der Waals surface area contributed by atoms with Crippen molar-refractivity contribution in [2.75, 3.05) is 19.6 Å². The quantitative estimate of drug-likeness (QED) is 0.185. The summed E-state index contributed by atoms with van der Waals surface area (Å²) >= 11 is 5.98. The zero-order valence-electron chi connectivity index (χ0n) is 27.0. The maximum Gasteiger partial charge on any atom is 0.329 e. The van der Waals surface area contributed by atoms with Crippen LogP contribution < -0.4 is 11.0 Å². The molecule has 0 amide bonds. The van der Waals surface area contributed by atoms with Gasteiger partial charge in [0.15, 0.2) is 5.11 Å². The van der Waals surface area contributed by atoms with E-state index in [0.717, 1.165) is 61.6 Å². The highest BCUT2D eigenvalue weighted by atomic mass is 32.1. The van der Waals surface area contributed by atoms with E-state index in [0.29, 0.717) is 12.1 Å². The molecule has 45 heavy (non-hydrogen) atoms. The molecule has 1 N–H and O–H groups in total. The second-order valence-corrected chi connectivity index (χ2v) is 13.6. The highest BCUT2D eigenvalue weighted by Crippen LogP contribution is 2.28. The Morgan fingerprint density at radius 3 is 2.00 bits per heavy atom.